The van der Waals surface area contributed by atoms with Crippen molar-refractivity contribution in [2.24, 2.45) is 10.4 Å². The number of guanidine groups is 1. The first-order valence-electron chi connectivity index (χ1n) is 9.09. The van der Waals surface area contributed by atoms with Crippen LogP contribution in [0, 0.1) is 5.41 Å². The molecule has 158 valence electrons. The molecule has 0 saturated heterocycles. The molecule has 0 bridgehead atoms. The number of hydrogen-bond donors (Lipinski definition) is 3. The molecule has 3 N–H and O–H groups in total. The SMILES string of the molecule is CN=C(NCCNc1ncc(Cl)cc1Cl)NCC1(C(=O)N(C)C)CCCC1.I. The number of aliphatic imine (C=N–C) groups is 1. The molecule has 0 aromatic carbocycles. The van der Waals surface area contributed by atoms with Gasteiger partial charge in [0.1, 0.15) is 5.82 Å². The van der Waals surface area contributed by atoms with Gasteiger partial charge in [0.2, 0.25) is 5.91 Å². The van der Waals surface area contributed by atoms with Crippen LogP contribution >= 0.6 is 47.2 Å². The van der Waals surface area contributed by atoms with Crippen LogP contribution in [0.25, 0.3) is 0 Å². The second-order valence-corrected chi connectivity index (χ2v) is 7.79. The van der Waals surface area contributed by atoms with Crippen LogP contribution in [0.4, 0.5) is 5.82 Å². The third-order valence-corrected chi connectivity index (χ3v) is 5.25. The predicted octanol–water partition coefficient (Wildman–Crippen LogP) is 3.23. The fraction of sp³-hybridized carbons (Fsp3) is 0.611. The molecule has 1 aliphatic rings. The molecule has 0 atom stereocenters. The summed E-state index contributed by atoms with van der Waals surface area (Å²) >= 11 is 11.9. The summed E-state index contributed by atoms with van der Waals surface area (Å²) < 4.78 is 0. The fourth-order valence-corrected chi connectivity index (χ4v) is 3.82. The summed E-state index contributed by atoms with van der Waals surface area (Å²) in [4.78, 5) is 22.7. The standard InChI is InChI=1S/C18H28Cl2N6O.HI/c1-21-17(23-9-8-22-15-14(20)10-13(19)11-24-15)25-12-18(6-4-5-7-18)16(27)26(2)3;/h10-11H,4-9,12H2,1-3H3,(H,22,24)(H2,21,23,25);1H. The van der Waals surface area contributed by atoms with E-state index in [1.54, 1.807) is 24.2 Å². The number of carbonyl (C=O) groups is 1. The van der Waals surface area contributed by atoms with Gasteiger partial charge < -0.3 is 20.9 Å². The number of halogens is 3. The van der Waals surface area contributed by atoms with Crippen LogP contribution < -0.4 is 16.0 Å². The van der Waals surface area contributed by atoms with E-state index >= 15 is 0 Å². The molecule has 10 heteroatoms. The quantitative estimate of drug-likeness (QED) is 0.213. The molecule has 2 rings (SSSR count). The predicted molar refractivity (Wildman–Crippen MR) is 127 cm³/mol. The normalized spacial score (nSPS) is 15.5. The largest absolute Gasteiger partial charge is 0.367 e. The summed E-state index contributed by atoms with van der Waals surface area (Å²) in [6.07, 6.45) is 5.55. The molecule has 0 aliphatic heterocycles. The van der Waals surface area contributed by atoms with E-state index in [0.29, 0.717) is 41.5 Å². The van der Waals surface area contributed by atoms with Crippen molar-refractivity contribution in [2.45, 2.75) is 25.7 Å². The monoisotopic (exact) mass is 542 g/mol. The lowest BCUT2D eigenvalue weighted by Gasteiger charge is -2.31. The maximum absolute atomic E-state index is 12.6. The first-order valence-corrected chi connectivity index (χ1v) is 9.85. The molecular formula is C18H29Cl2IN6O. The molecule has 1 heterocycles. The third-order valence-electron chi connectivity index (χ3n) is 4.76. The molecule has 0 radical (unpaired) electrons. The summed E-state index contributed by atoms with van der Waals surface area (Å²) in [5.41, 5.74) is -0.333. The van der Waals surface area contributed by atoms with Gasteiger partial charge in [-0.1, -0.05) is 36.0 Å². The zero-order valence-electron chi connectivity index (χ0n) is 16.5. The van der Waals surface area contributed by atoms with Gasteiger partial charge in [-0.3, -0.25) is 9.79 Å². The lowest BCUT2D eigenvalue weighted by Crippen LogP contribution is -2.49. The molecule has 1 fully saturated rings. The van der Waals surface area contributed by atoms with Crippen molar-refractivity contribution in [2.75, 3.05) is 46.1 Å². The number of carbonyl (C=O) groups excluding carboxylic acids is 1. The average Bonchev–Trinajstić information content (AvgIpc) is 3.12. The van der Waals surface area contributed by atoms with E-state index in [1.165, 1.54) is 0 Å². The van der Waals surface area contributed by atoms with Gasteiger partial charge in [0.05, 0.1) is 15.5 Å². The molecule has 7 nitrogen and oxygen atoms in total. The number of hydrogen-bond acceptors (Lipinski definition) is 4. The Labute approximate surface area is 194 Å². The highest BCUT2D eigenvalue weighted by Crippen LogP contribution is 2.38. The maximum Gasteiger partial charge on any atom is 0.230 e. The Morgan fingerprint density at radius 3 is 2.50 bits per heavy atom. The van der Waals surface area contributed by atoms with Crippen LogP contribution in [0.3, 0.4) is 0 Å². The maximum atomic E-state index is 12.6. The number of aromatic nitrogens is 1. The van der Waals surface area contributed by atoms with Gasteiger partial charge in [-0.2, -0.15) is 0 Å². The number of rotatable bonds is 7. The van der Waals surface area contributed by atoms with E-state index in [1.807, 2.05) is 14.1 Å². The average molecular weight is 543 g/mol. The van der Waals surface area contributed by atoms with Crippen molar-refractivity contribution >= 4 is 64.9 Å². The second-order valence-electron chi connectivity index (χ2n) is 6.95. The molecule has 1 aliphatic carbocycles. The summed E-state index contributed by atoms with van der Waals surface area (Å²) in [6.45, 7) is 1.81. The Kier molecular flexibility index (Phi) is 10.6. The minimum atomic E-state index is -0.333. The topological polar surface area (TPSA) is 81.6 Å². The summed E-state index contributed by atoms with van der Waals surface area (Å²) in [5.74, 6) is 1.45. The second kappa shape index (κ2) is 11.9. The highest BCUT2D eigenvalue weighted by atomic mass is 127. The first-order chi connectivity index (χ1) is 12.9. The number of pyridine rings is 1. The molecule has 1 amide bonds. The Hall–Kier alpha value is -1.000. The van der Waals surface area contributed by atoms with E-state index in [4.69, 9.17) is 23.2 Å². The lowest BCUT2D eigenvalue weighted by atomic mass is 9.84. The van der Waals surface area contributed by atoms with Crippen LogP contribution in [0.5, 0.6) is 0 Å². The van der Waals surface area contributed by atoms with Gasteiger partial charge in [-0.15, -0.1) is 24.0 Å². The molecule has 1 aromatic heterocycles. The molecule has 1 saturated carbocycles. The third kappa shape index (κ3) is 6.81. The zero-order chi connectivity index (χ0) is 19.9. The van der Waals surface area contributed by atoms with Gasteiger partial charge >= 0.3 is 0 Å². The smallest absolute Gasteiger partial charge is 0.230 e. The van der Waals surface area contributed by atoms with Gasteiger partial charge in [0, 0.05) is 47.0 Å². The minimum Gasteiger partial charge on any atom is -0.367 e. The summed E-state index contributed by atoms with van der Waals surface area (Å²) in [5, 5.41) is 10.7. The number of nitrogens with zero attached hydrogens (tertiary/aromatic N) is 3. The summed E-state index contributed by atoms with van der Waals surface area (Å²) in [7, 11) is 5.35. The highest BCUT2D eigenvalue weighted by molar-refractivity contribution is 14.0. The Balaban J connectivity index is 0.00000392. The van der Waals surface area contributed by atoms with Crippen molar-refractivity contribution in [3.63, 3.8) is 0 Å². The fourth-order valence-electron chi connectivity index (χ4n) is 3.37. The van der Waals surface area contributed by atoms with Crippen molar-refractivity contribution in [3.8, 4) is 0 Å². The minimum absolute atomic E-state index is 0. The Morgan fingerprint density at radius 2 is 1.93 bits per heavy atom. The van der Waals surface area contributed by atoms with Crippen molar-refractivity contribution in [1.82, 2.24) is 20.5 Å². The number of nitrogens with one attached hydrogen (secondary N) is 3. The van der Waals surface area contributed by atoms with Crippen molar-refractivity contribution in [1.29, 1.82) is 0 Å². The van der Waals surface area contributed by atoms with Crippen LogP contribution in [-0.2, 0) is 4.79 Å². The molecule has 1 aromatic rings. The van der Waals surface area contributed by atoms with Gasteiger partial charge in [-0.25, -0.2) is 4.98 Å². The molecule has 0 spiro atoms. The van der Waals surface area contributed by atoms with Crippen LogP contribution in [0.2, 0.25) is 10.0 Å². The van der Waals surface area contributed by atoms with E-state index in [9.17, 15) is 4.79 Å². The van der Waals surface area contributed by atoms with Crippen molar-refractivity contribution < 1.29 is 4.79 Å². The first kappa shape index (κ1) is 25.0. The number of amides is 1. The number of anilines is 1. The van der Waals surface area contributed by atoms with E-state index in [0.717, 1.165) is 25.7 Å². The Bertz CT molecular complexity index is 680. The Morgan fingerprint density at radius 1 is 1.25 bits per heavy atom. The van der Waals surface area contributed by atoms with E-state index < -0.39 is 0 Å². The van der Waals surface area contributed by atoms with Gasteiger partial charge in [0.15, 0.2) is 5.96 Å². The van der Waals surface area contributed by atoms with Gasteiger partial charge in [0.25, 0.3) is 0 Å². The molecular weight excluding hydrogens is 514 g/mol. The summed E-state index contributed by atoms with van der Waals surface area (Å²) in [6, 6.07) is 1.65. The van der Waals surface area contributed by atoms with E-state index in [2.05, 4.69) is 25.9 Å². The van der Waals surface area contributed by atoms with Gasteiger partial charge in [-0.05, 0) is 18.9 Å². The van der Waals surface area contributed by atoms with Crippen LogP contribution in [0.15, 0.2) is 17.3 Å². The van der Waals surface area contributed by atoms with Crippen LogP contribution in [-0.4, -0.2) is 62.5 Å². The zero-order valence-corrected chi connectivity index (χ0v) is 20.4. The highest BCUT2D eigenvalue weighted by Gasteiger charge is 2.42. The molecule has 28 heavy (non-hydrogen) atoms. The molecule has 0 unspecified atom stereocenters. The lowest BCUT2D eigenvalue weighted by molar-refractivity contribution is -0.138. The van der Waals surface area contributed by atoms with Crippen molar-refractivity contribution in [3.05, 3.63) is 22.3 Å². The van der Waals surface area contributed by atoms with E-state index in [-0.39, 0.29) is 35.3 Å². The van der Waals surface area contributed by atoms with Crippen LogP contribution in [0.1, 0.15) is 25.7 Å².